The number of aromatic nitrogens is 1. The molecule has 2 heterocycles. The molecule has 0 aliphatic carbocycles. The van der Waals surface area contributed by atoms with E-state index in [0.717, 1.165) is 34.9 Å². The van der Waals surface area contributed by atoms with E-state index in [1.54, 1.807) is 0 Å². The van der Waals surface area contributed by atoms with Gasteiger partial charge in [0.25, 0.3) is 0 Å². The monoisotopic (exact) mass is 560 g/mol. The third-order valence-electron chi connectivity index (χ3n) is 2.68. The predicted octanol–water partition coefficient (Wildman–Crippen LogP) is 0.0407. The molecule has 16 heavy (non-hydrogen) atoms. The Morgan fingerprint density at radius 1 is 1.31 bits per heavy atom. The Bertz CT molecular complexity index is 515. The van der Waals surface area contributed by atoms with E-state index in [4.69, 9.17) is 4.52 Å². The summed E-state index contributed by atoms with van der Waals surface area (Å²) >= 11 is 2.74. The van der Waals surface area contributed by atoms with Crippen molar-refractivity contribution >= 4 is 8.04 Å². The van der Waals surface area contributed by atoms with Gasteiger partial charge in [-0.3, -0.25) is 0 Å². The Labute approximate surface area is 115 Å². The number of rotatable bonds is 2. The Balaban J connectivity index is 2.41. The van der Waals surface area contributed by atoms with Gasteiger partial charge in [-0.1, -0.05) is 0 Å². The van der Waals surface area contributed by atoms with Crippen LogP contribution in [-0.4, -0.2) is 24.2 Å². The van der Waals surface area contributed by atoms with Crippen molar-refractivity contribution in [2.75, 3.05) is 6.54 Å². The summed E-state index contributed by atoms with van der Waals surface area (Å²) in [4.78, 5) is 14.3. The molecule has 1 aliphatic heterocycles. The average molecular weight is 560 g/mol. The molecule has 0 aromatic carbocycles. The van der Waals surface area contributed by atoms with Crippen LogP contribution in [0.3, 0.4) is 0 Å². The second-order valence-electron chi connectivity index (χ2n) is 3.80. The van der Waals surface area contributed by atoms with E-state index in [0.29, 0.717) is 0 Å². The zero-order valence-electron chi connectivity index (χ0n) is 9.15. The summed E-state index contributed by atoms with van der Waals surface area (Å²) in [6.45, 7) is 5.73. The van der Waals surface area contributed by atoms with E-state index in [2.05, 4.69) is 11.8 Å². The van der Waals surface area contributed by atoms with Crippen LogP contribution >= 0.6 is 0 Å². The minimum absolute atomic E-state index is 0.0447. The maximum atomic E-state index is 12.0. The second kappa shape index (κ2) is 4.76. The molecule has 0 radical (unpaired) electrons. The van der Waals surface area contributed by atoms with E-state index in [9.17, 15) is 4.79 Å². The number of hydrogen-bond acceptors (Lipinski definition) is 3. The SMILES string of the molecule is C[C](=[W])N1CCc2c(on([C](C)=[W])c2=O)C1. The molecule has 6 heteroatoms. The van der Waals surface area contributed by atoms with Gasteiger partial charge in [-0.25, -0.2) is 0 Å². The van der Waals surface area contributed by atoms with Crippen molar-refractivity contribution in [3.63, 3.8) is 0 Å². The first-order valence-corrected chi connectivity index (χ1v) is 7.94. The molecule has 0 spiro atoms. The molecule has 0 fully saturated rings. The van der Waals surface area contributed by atoms with E-state index in [-0.39, 0.29) is 5.56 Å². The molecule has 0 amide bonds. The molecule has 0 bridgehead atoms. The van der Waals surface area contributed by atoms with Crippen LogP contribution in [0.4, 0.5) is 0 Å². The van der Waals surface area contributed by atoms with E-state index >= 15 is 0 Å². The summed E-state index contributed by atoms with van der Waals surface area (Å²) in [6.07, 6.45) is 0.803. The van der Waals surface area contributed by atoms with Gasteiger partial charge < -0.3 is 0 Å². The van der Waals surface area contributed by atoms with Crippen molar-refractivity contribution < 1.29 is 43.2 Å². The average Bonchev–Trinajstić information content (AvgIpc) is 2.55. The fourth-order valence-electron chi connectivity index (χ4n) is 1.79. The maximum absolute atomic E-state index is 12.0. The van der Waals surface area contributed by atoms with Gasteiger partial charge in [0, 0.05) is 0 Å². The molecule has 1 aromatic heterocycles. The van der Waals surface area contributed by atoms with Crippen molar-refractivity contribution in [2.24, 2.45) is 0 Å². The summed E-state index contributed by atoms with van der Waals surface area (Å²) in [5.41, 5.74) is 0.913. The quantitative estimate of drug-likeness (QED) is 0.514. The van der Waals surface area contributed by atoms with E-state index in [1.165, 1.54) is 47.5 Å². The first-order chi connectivity index (χ1) is 7.50. The standard InChI is InChI=1S/C10H12N2O2.2W/c1-3-11-6-5-8-9(7-11)14-12(4-2)10(8)13;;/h5-7H2,1-2H3;;. The van der Waals surface area contributed by atoms with Crippen molar-refractivity contribution in [1.29, 1.82) is 0 Å². The van der Waals surface area contributed by atoms with Crippen molar-refractivity contribution in [3.05, 3.63) is 21.7 Å². The van der Waals surface area contributed by atoms with Crippen LogP contribution in [0.15, 0.2) is 9.32 Å². The first-order valence-electron chi connectivity index (χ1n) is 5.01. The van der Waals surface area contributed by atoms with Crippen molar-refractivity contribution in [2.45, 2.75) is 26.8 Å². The van der Waals surface area contributed by atoms with Crippen LogP contribution in [0.2, 0.25) is 0 Å². The van der Waals surface area contributed by atoms with Crippen LogP contribution in [0.1, 0.15) is 25.2 Å². The molecular formula is C10H12N2O2W2. The van der Waals surface area contributed by atoms with Gasteiger partial charge in [0.05, 0.1) is 0 Å². The Morgan fingerprint density at radius 2 is 2.00 bits per heavy atom. The Kier molecular flexibility index (Phi) is 3.73. The zero-order valence-corrected chi connectivity index (χ0v) is 15.0. The normalized spacial score (nSPS) is 15.9. The Hall–Kier alpha value is 0.0866. The van der Waals surface area contributed by atoms with Gasteiger partial charge in [-0.2, -0.15) is 0 Å². The molecule has 86 valence electrons. The summed E-state index contributed by atoms with van der Waals surface area (Å²) in [5.74, 6) is 0.845. The topological polar surface area (TPSA) is 38.4 Å². The third kappa shape index (κ3) is 2.20. The predicted molar refractivity (Wildman–Crippen MR) is 53.8 cm³/mol. The Morgan fingerprint density at radius 3 is 2.56 bits per heavy atom. The first kappa shape index (κ1) is 12.5. The number of fused-ring (bicyclic) bond motifs is 1. The molecule has 2 rings (SSSR count). The third-order valence-corrected chi connectivity index (χ3v) is 4.20. The molecule has 1 aromatic rings. The van der Waals surface area contributed by atoms with Crippen LogP contribution in [0.25, 0.3) is 0 Å². The van der Waals surface area contributed by atoms with Crippen LogP contribution in [-0.2, 0) is 51.7 Å². The fraction of sp³-hybridized carbons (Fsp3) is 0.500. The number of nitrogens with zero attached hydrogens (tertiary/aromatic N) is 2. The van der Waals surface area contributed by atoms with Gasteiger partial charge in [-0.05, 0) is 0 Å². The molecule has 4 nitrogen and oxygen atoms in total. The van der Waals surface area contributed by atoms with Crippen molar-refractivity contribution in [3.8, 4) is 0 Å². The summed E-state index contributed by atoms with van der Waals surface area (Å²) in [7, 11) is 0. The van der Waals surface area contributed by atoms with E-state index in [1.807, 2.05) is 6.92 Å². The molecule has 0 atom stereocenters. The summed E-state index contributed by atoms with van der Waals surface area (Å²) in [5, 5.41) is 0. The molecule has 1 aliphatic rings. The van der Waals surface area contributed by atoms with Crippen LogP contribution < -0.4 is 5.56 Å². The zero-order chi connectivity index (χ0) is 11.9. The van der Waals surface area contributed by atoms with Gasteiger partial charge in [0.15, 0.2) is 0 Å². The fourth-order valence-corrected chi connectivity index (χ4v) is 2.79. The number of hydrogen-bond donors (Lipinski definition) is 0. The van der Waals surface area contributed by atoms with Crippen LogP contribution in [0.5, 0.6) is 0 Å². The molecule has 0 saturated carbocycles. The summed E-state index contributed by atoms with van der Waals surface area (Å²) < 4.78 is 9.38. The van der Waals surface area contributed by atoms with Gasteiger partial charge in [-0.15, -0.1) is 0 Å². The molecule has 0 saturated heterocycles. The van der Waals surface area contributed by atoms with Crippen molar-refractivity contribution in [1.82, 2.24) is 9.64 Å². The van der Waals surface area contributed by atoms with Gasteiger partial charge >= 0.3 is 116 Å². The second-order valence-corrected chi connectivity index (χ2v) is 8.05. The van der Waals surface area contributed by atoms with Crippen LogP contribution in [0, 0.1) is 0 Å². The van der Waals surface area contributed by atoms with E-state index < -0.39 is 0 Å². The minimum atomic E-state index is 0.0447. The van der Waals surface area contributed by atoms with Gasteiger partial charge in [0.1, 0.15) is 0 Å². The summed E-state index contributed by atoms with van der Waals surface area (Å²) in [6, 6.07) is 0. The molecule has 0 unspecified atom stereocenters. The molecular weight excluding hydrogens is 548 g/mol. The van der Waals surface area contributed by atoms with Gasteiger partial charge in [0.2, 0.25) is 0 Å². The molecule has 0 N–H and O–H groups in total.